The summed E-state index contributed by atoms with van der Waals surface area (Å²) in [5.41, 5.74) is 9.39. The molecule has 0 unspecified atom stereocenters. The first-order valence-electron chi connectivity index (χ1n) is 10.4. The van der Waals surface area contributed by atoms with Crippen molar-refractivity contribution in [1.29, 1.82) is 0 Å². The zero-order valence-electron chi connectivity index (χ0n) is 17.8. The minimum atomic E-state index is 0.378. The fourth-order valence-electron chi connectivity index (χ4n) is 3.48. The van der Waals surface area contributed by atoms with Crippen LogP contribution in [0.25, 0.3) is 0 Å². The molecule has 0 radical (unpaired) electrons. The first-order chi connectivity index (χ1) is 14.5. The smallest absolute Gasteiger partial charge is 0.199 e. The molecule has 1 aliphatic rings. The summed E-state index contributed by atoms with van der Waals surface area (Å²) in [7, 11) is 0. The van der Waals surface area contributed by atoms with Crippen molar-refractivity contribution in [3.05, 3.63) is 60.2 Å². The number of benzene rings is 2. The summed E-state index contributed by atoms with van der Waals surface area (Å²) >= 11 is 6.82. The van der Waals surface area contributed by atoms with Gasteiger partial charge in [0.15, 0.2) is 10.3 Å². The maximum atomic E-state index is 6.01. The summed E-state index contributed by atoms with van der Waals surface area (Å²) in [5.74, 6) is 1.50. The average molecular weight is 442 g/mol. The topological polar surface area (TPSA) is 56.9 Å². The molecule has 0 aromatic heterocycles. The van der Waals surface area contributed by atoms with Gasteiger partial charge in [0, 0.05) is 49.9 Å². The Morgan fingerprint density at radius 3 is 2.37 bits per heavy atom. The van der Waals surface area contributed by atoms with E-state index in [0.717, 1.165) is 43.5 Å². The lowest BCUT2D eigenvalue weighted by atomic mass is 10.2. The van der Waals surface area contributed by atoms with E-state index in [0.29, 0.717) is 10.3 Å². The number of hydrogen-bond donors (Lipinski definition) is 2. The number of rotatable bonds is 6. The van der Waals surface area contributed by atoms with E-state index in [2.05, 4.69) is 58.2 Å². The summed E-state index contributed by atoms with van der Waals surface area (Å²) in [6, 6.07) is 18.6. The fraction of sp³-hybridized carbons (Fsp3) is 0.391. The van der Waals surface area contributed by atoms with Gasteiger partial charge in [-0.2, -0.15) is 4.99 Å². The molecule has 160 valence electrons. The minimum absolute atomic E-state index is 0.378. The van der Waals surface area contributed by atoms with E-state index >= 15 is 0 Å². The molecule has 1 saturated heterocycles. The van der Waals surface area contributed by atoms with Crippen LogP contribution in [0.3, 0.4) is 0 Å². The molecule has 0 spiro atoms. The summed E-state index contributed by atoms with van der Waals surface area (Å²) in [6.45, 7) is 10.1. The highest BCUT2D eigenvalue weighted by molar-refractivity contribution is 8.13. The maximum absolute atomic E-state index is 6.01. The molecule has 30 heavy (non-hydrogen) atoms. The van der Waals surface area contributed by atoms with E-state index < -0.39 is 0 Å². The number of nitrogens with one attached hydrogen (secondary N) is 1. The number of thiocarbonyl (C=S) groups is 1. The molecule has 1 heterocycles. The zero-order chi connectivity index (χ0) is 21.3. The highest BCUT2D eigenvalue weighted by Crippen LogP contribution is 2.20. The third-order valence-corrected chi connectivity index (χ3v) is 5.98. The summed E-state index contributed by atoms with van der Waals surface area (Å²) in [4.78, 5) is 9.28. The quantitative estimate of drug-likeness (QED) is 0.393. The molecule has 0 atom stereocenters. The number of thioether (sulfide) groups is 1. The van der Waals surface area contributed by atoms with Crippen LogP contribution in [-0.2, 0) is 5.75 Å². The Bertz CT molecular complexity index is 828. The Morgan fingerprint density at radius 2 is 1.73 bits per heavy atom. The number of anilines is 2. The molecule has 3 rings (SSSR count). The normalized spacial score (nSPS) is 15.4. The lowest BCUT2D eigenvalue weighted by molar-refractivity contribution is 0.231. The van der Waals surface area contributed by atoms with Gasteiger partial charge in [0.25, 0.3) is 0 Å². The van der Waals surface area contributed by atoms with E-state index in [1.165, 1.54) is 29.6 Å². The van der Waals surface area contributed by atoms with E-state index in [9.17, 15) is 0 Å². The van der Waals surface area contributed by atoms with Gasteiger partial charge in [-0.05, 0) is 48.0 Å². The standard InChI is InChI=1S/C23H31N5S2/c1-18(2)16-27-12-14-28(15-13-27)21-10-8-20(9-11-21)25-23(29)26-22(24)30-17-19-6-4-3-5-7-19/h3-11,18H,12-17H2,1-2H3,(H3,24,25,26,29). The predicted molar refractivity (Wildman–Crippen MR) is 136 cm³/mol. The molecule has 3 N–H and O–H groups in total. The van der Waals surface area contributed by atoms with Gasteiger partial charge in [-0.15, -0.1) is 0 Å². The van der Waals surface area contributed by atoms with E-state index in [4.69, 9.17) is 18.0 Å². The average Bonchev–Trinajstić information content (AvgIpc) is 2.74. The summed E-state index contributed by atoms with van der Waals surface area (Å²) in [5, 5.41) is 4.00. The lowest BCUT2D eigenvalue weighted by Gasteiger charge is -2.36. The molecule has 2 aromatic rings. The van der Waals surface area contributed by atoms with E-state index in [-0.39, 0.29) is 0 Å². The van der Waals surface area contributed by atoms with Crippen molar-refractivity contribution < 1.29 is 0 Å². The third-order valence-electron chi connectivity index (χ3n) is 4.92. The second-order valence-electron chi connectivity index (χ2n) is 7.88. The van der Waals surface area contributed by atoms with Crippen molar-refractivity contribution in [1.82, 2.24) is 4.90 Å². The minimum Gasteiger partial charge on any atom is -0.378 e. The van der Waals surface area contributed by atoms with Gasteiger partial charge in [-0.25, -0.2) is 0 Å². The Balaban J connectivity index is 1.46. The van der Waals surface area contributed by atoms with Crippen LogP contribution in [0.5, 0.6) is 0 Å². The summed E-state index contributed by atoms with van der Waals surface area (Å²) < 4.78 is 0. The SMILES string of the molecule is CC(C)CN1CCN(c2ccc(NC(=S)/N=C(\N)SCc3ccccc3)cc2)CC1. The second kappa shape index (κ2) is 11.3. The van der Waals surface area contributed by atoms with Gasteiger partial charge in [-0.3, -0.25) is 4.90 Å². The van der Waals surface area contributed by atoms with Crippen molar-refractivity contribution in [2.75, 3.05) is 42.9 Å². The molecule has 2 aromatic carbocycles. The molecule has 1 aliphatic heterocycles. The first-order valence-corrected chi connectivity index (χ1v) is 11.8. The first kappa shape index (κ1) is 22.6. The van der Waals surface area contributed by atoms with Crippen LogP contribution in [0.15, 0.2) is 59.6 Å². The molecule has 0 aliphatic carbocycles. The number of amidine groups is 1. The highest BCUT2D eigenvalue weighted by atomic mass is 32.2. The molecule has 0 bridgehead atoms. The monoisotopic (exact) mass is 441 g/mol. The third kappa shape index (κ3) is 7.31. The van der Waals surface area contributed by atoms with Crippen molar-refractivity contribution in [2.24, 2.45) is 16.6 Å². The van der Waals surface area contributed by atoms with Crippen molar-refractivity contribution in [2.45, 2.75) is 19.6 Å². The summed E-state index contributed by atoms with van der Waals surface area (Å²) in [6.07, 6.45) is 0. The largest absolute Gasteiger partial charge is 0.378 e. The van der Waals surface area contributed by atoms with E-state index in [1.54, 1.807) is 0 Å². The van der Waals surface area contributed by atoms with Gasteiger partial charge in [0.05, 0.1) is 0 Å². The number of piperazine rings is 1. The van der Waals surface area contributed by atoms with Crippen molar-refractivity contribution in [3.63, 3.8) is 0 Å². The van der Waals surface area contributed by atoms with Crippen LogP contribution in [-0.4, -0.2) is 47.9 Å². The van der Waals surface area contributed by atoms with Crippen LogP contribution < -0.4 is 16.0 Å². The zero-order valence-corrected chi connectivity index (χ0v) is 19.4. The molecule has 7 heteroatoms. The Labute approximate surface area is 189 Å². The Hall–Kier alpha value is -2.09. The van der Waals surface area contributed by atoms with Crippen LogP contribution in [0.2, 0.25) is 0 Å². The van der Waals surface area contributed by atoms with Gasteiger partial charge in [0.1, 0.15) is 0 Å². The lowest BCUT2D eigenvalue weighted by Crippen LogP contribution is -2.47. The number of nitrogens with two attached hydrogens (primary N) is 1. The van der Waals surface area contributed by atoms with Crippen LogP contribution >= 0.6 is 24.0 Å². The van der Waals surface area contributed by atoms with Gasteiger partial charge in [0.2, 0.25) is 0 Å². The van der Waals surface area contributed by atoms with Gasteiger partial charge < -0.3 is 16.0 Å². The molecule has 0 saturated carbocycles. The van der Waals surface area contributed by atoms with Crippen LogP contribution in [0.1, 0.15) is 19.4 Å². The maximum Gasteiger partial charge on any atom is 0.199 e. The van der Waals surface area contributed by atoms with Crippen molar-refractivity contribution in [3.8, 4) is 0 Å². The highest BCUT2D eigenvalue weighted by Gasteiger charge is 2.17. The van der Waals surface area contributed by atoms with Gasteiger partial charge in [-0.1, -0.05) is 55.9 Å². The molecule has 5 nitrogen and oxygen atoms in total. The number of aliphatic imine (C=N–C) groups is 1. The fourth-order valence-corrected chi connectivity index (χ4v) is 4.41. The number of hydrogen-bond acceptors (Lipinski definition) is 4. The van der Waals surface area contributed by atoms with Gasteiger partial charge >= 0.3 is 0 Å². The second-order valence-corrected chi connectivity index (χ2v) is 9.27. The number of nitrogens with zero attached hydrogens (tertiary/aromatic N) is 3. The van der Waals surface area contributed by atoms with Crippen molar-refractivity contribution >= 4 is 45.6 Å². The van der Waals surface area contributed by atoms with E-state index in [1.807, 2.05) is 30.3 Å². The van der Waals surface area contributed by atoms with Crippen LogP contribution in [0.4, 0.5) is 11.4 Å². The molecular formula is C23H31N5S2. The molecule has 1 fully saturated rings. The predicted octanol–water partition coefficient (Wildman–Crippen LogP) is 4.41. The Morgan fingerprint density at radius 1 is 1.07 bits per heavy atom. The molecular weight excluding hydrogens is 410 g/mol. The van der Waals surface area contributed by atoms with Crippen LogP contribution in [0, 0.1) is 5.92 Å². The Kier molecular flexibility index (Phi) is 8.54. The molecule has 0 amide bonds.